The van der Waals surface area contributed by atoms with Gasteiger partial charge >= 0.3 is 0 Å². The standard InChI is InChI=1S/C15H25N3O/c1-5-11(3)10-18(6-2)14-12(4)8-7-9-13(14)15(16)17-19/h7-9,11,19H,5-6,10H2,1-4H3,(H2,16,17). The van der Waals surface area contributed by atoms with Gasteiger partial charge in [-0.25, -0.2) is 0 Å². The Hall–Kier alpha value is -1.71. The summed E-state index contributed by atoms with van der Waals surface area (Å²) in [6, 6.07) is 5.89. The number of para-hydroxylation sites is 1. The summed E-state index contributed by atoms with van der Waals surface area (Å²) >= 11 is 0. The molecule has 0 aliphatic rings. The highest BCUT2D eigenvalue weighted by Crippen LogP contribution is 2.26. The number of nitrogens with two attached hydrogens (primary N) is 1. The monoisotopic (exact) mass is 263 g/mol. The van der Waals surface area contributed by atoms with Crippen LogP contribution in [-0.4, -0.2) is 24.1 Å². The zero-order valence-corrected chi connectivity index (χ0v) is 12.3. The minimum atomic E-state index is 0.168. The molecule has 0 radical (unpaired) electrons. The Bertz CT molecular complexity index is 443. The first-order valence-electron chi connectivity index (χ1n) is 6.87. The second kappa shape index (κ2) is 7.02. The van der Waals surface area contributed by atoms with Gasteiger partial charge in [0.05, 0.1) is 5.69 Å². The predicted molar refractivity (Wildman–Crippen MR) is 81.0 cm³/mol. The van der Waals surface area contributed by atoms with Crippen LogP contribution in [0.1, 0.15) is 38.3 Å². The number of benzene rings is 1. The molecule has 0 fully saturated rings. The summed E-state index contributed by atoms with van der Waals surface area (Å²) in [4.78, 5) is 2.30. The van der Waals surface area contributed by atoms with Crippen LogP contribution in [0.15, 0.2) is 23.4 Å². The lowest BCUT2D eigenvalue weighted by Gasteiger charge is -2.29. The minimum absolute atomic E-state index is 0.168. The topological polar surface area (TPSA) is 61.8 Å². The van der Waals surface area contributed by atoms with E-state index in [1.807, 2.05) is 12.1 Å². The third-order valence-corrected chi connectivity index (χ3v) is 3.55. The van der Waals surface area contributed by atoms with E-state index in [4.69, 9.17) is 10.9 Å². The first-order chi connectivity index (χ1) is 9.04. The van der Waals surface area contributed by atoms with Crippen LogP contribution in [0.3, 0.4) is 0 Å². The van der Waals surface area contributed by atoms with Gasteiger partial charge in [-0.3, -0.25) is 0 Å². The van der Waals surface area contributed by atoms with Gasteiger partial charge < -0.3 is 15.8 Å². The van der Waals surface area contributed by atoms with Crippen molar-refractivity contribution >= 4 is 11.5 Å². The Morgan fingerprint density at radius 1 is 1.42 bits per heavy atom. The van der Waals surface area contributed by atoms with Crippen LogP contribution in [0.25, 0.3) is 0 Å². The van der Waals surface area contributed by atoms with Gasteiger partial charge in [0.1, 0.15) is 0 Å². The number of rotatable bonds is 6. The Balaban J connectivity index is 3.22. The van der Waals surface area contributed by atoms with Crippen LogP contribution in [0, 0.1) is 12.8 Å². The number of oxime groups is 1. The van der Waals surface area contributed by atoms with Crippen LogP contribution in [0.5, 0.6) is 0 Å². The van der Waals surface area contributed by atoms with Gasteiger partial charge in [-0.15, -0.1) is 0 Å². The molecular formula is C15H25N3O. The molecule has 106 valence electrons. The Labute approximate surface area is 115 Å². The summed E-state index contributed by atoms with van der Waals surface area (Å²) in [6.45, 7) is 10.5. The number of aryl methyl sites for hydroxylation is 1. The average Bonchev–Trinajstić information content (AvgIpc) is 2.43. The van der Waals surface area contributed by atoms with Gasteiger partial charge in [-0.1, -0.05) is 37.6 Å². The van der Waals surface area contributed by atoms with E-state index in [0.717, 1.165) is 36.3 Å². The zero-order chi connectivity index (χ0) is 14.4. The van der Waals surface area contributed by atoms with Crippen molar-refractivity contribution in [1.82, 2.24) is 0 Å². The molecule has 0 bridgehead atoms. The quantitative estimate of drug-likeness (QED) is 0.359. The average molecular weight is 263 g/mol. The van der Waals surface area contributed by atoms with Gasteiger partial charge in [0, 0.05) is 18.7 Å². The maximum Gasteiger partial charge on any atom is 0.172 e. The molecule has 19 heavy (non-hydrogen) atoms. The lowest BCUT2D eigenvalue weighted by Crippen LogP contribution is -2.31. The van der Waals surface area contributed by atoms with Gasteiger partial charge in [-0.2, -0.15) is 0 Å². The zero-order valence-electron chi connectivity index (χ0n) is 12.3. The SMILES string of the molecule is CCC(C)CN(CC)c1c(C)cccc1/C(N)=N/O. The molecule has 4 nitrogen and oxygen atoms in total. The molecule has 0 heterocycles. The lowest BCUT2D eigenvalue weighted by atomic mass is 10.0. The van der Waals surface area contributed by atoms with Crippen LogP contribution >= 0.6 is 0 Å². The molecule has 1 rings (SSSR count). The largest absolute Gasteiger partial charge is 0.409 e. The Morgan fingerprint density at radius 3 is 2.63 bits per heavy atom. The molecule has 0 amide bonds. The lowest BCUT2D eigenvalue weighted by molar-refractivity contribution is 0.318. The number of amidine groups is 1. The number of nitrogens with zero attached hydrogens (tertiary/aromatic N) is 2. The summed E-state index contributed by atoms with van der Waals surface area (Å²) in [5, 5.41) is 12.1. The molecule has 0 aromatic heterocycles. The van der Waals surface area contributed by atoms with E-state index in [1.165, 1.54) is 0 Å². The normalized spacial score (nSPS) is 13.4. The van der Waals surface area contributed by atoms with Crippen LogP contribution in [0.4, 0.5) is 5.69 Å². The van der Waals surface area contributed by atoms with Gasteiger partial charge in [0.15, 0.2) is 5.84 Å². The first-order valence-corrected chi connectivity index (χ1v) is 6.87. The van der Waals surface area contributed by atoms with Crippen molar-refractivity contribution in [1.29, 1.82) is 0 Å². The van der Waals surface area contributed by atoms with E-state index in [-0.39, 0.29) is 5.84 Å². The predicted octanol–water partition coefficient (Wildman–Crippen LogP) is 2.96. The summed E-state index contributed by atoms with van der Waals surface area (Å²) < 4.78 is 0. The van der Waals surface area contributed by atoms with E-state index < -0.39 is 0 Å². The molecule has 1 aromatic rings. The van der Waals surface area contributed by atoms with Crippen molar-refractivity contribution in [3.05, 3.63) is 29.3 Å². The van der Waals surface area contributed by atoms with Gasteiger partial charge in [-0.05, 0) is 31.4 Å². The molecule has 0 aliphatic heterocycles. The van der Waals surface area contributed by atoms with Crippen molar-refractivity contribution < 1.29 is 5.21 Å². The number of anilines is 1. The highest BCUT2D eigenvalue weighted by Gasteiger charge is 2.16. The fourth-order valence-electron chi connectivity index (χ4n) is 2.22. The maximum absolute atomic E-state index is 8.93. The van der Waals surface area contributed by atoms with E-state index >= 15 is 0 Å². The molecule has 1 aromatic carbocycles. The third-order valence-electron chi connectivity index (χ3n) is 3.55. The summed E-state index contributed by atoms with van der Waals surface area (Å²) in [5.74, 6) is 0.779. The molecule has 0 aliphatic carbocycles. The molecule has 1 atom stereocenters. The van der Waals surface area contributed by atoms with Crippen LogP contribution in [-0.2, 0) is 0 Å². The number of hydrogen-bond donors (Lipinski definition) is 2. The molecular weight excluding hydrogens is 238 g/mol. The van der Waals surface area contributed by atoms with Crippen molar-refractivity contribution in [2.45, 2.75) is 34.1 Å². The molecule has 0 saturated heterocycles. The first kappa shape index (κ1) is 15.3. The van der Waals surface area contributed by atoms with Crippen molar-refractivity contribution in [3.63, 3.8) is 0 Å². The van der Waals surface area contributed by atoms with Crippen molar-refractivity contribution in [2.75, 3.05) is 18.0 Å². The molecule has 3 N–H and O–H groups in total. The second-order valence-corrected chi connectivity index (χ2v) is 5.01. The summed E-state index contributed by atoms with van der Waals surface area (Å²) in [5.41, 5.74) is 8.81. The highest BCUT2D eigenvalue weighted by atomic mass is 16.4. The second-order valence-electron chi connectivity index (χ2n) is 5.01. The fraction of sp³-hybridized carbons (Fsp3) is 0.533. The van der Waals surface area contributed by atoms with E-state index in [1.54, 1.807) is 0 Å². The third kappa shape index (κ3) is 3.63. The molecule has 0 saturated carbocycles. The van der Waals surface area contributed by atoms with Crippen molar-refractivity contribution in [3.8, 4) is 0 Å². The van der Waals surface area contributed by atoms with Crippen LogP contribution < -0.4 is 10.6 Å². The maximum atomic E-state index is 8.93. The Morgan fingerprint density at radius 2 is 2.11 bits per heavy atom. The molecule has 1 unspecified atom stereocenters. The fourth-order valence-corrected chi connectivity index (χ4v) is 2.22. The van der Waals surface area contributed by atoms with Crippen LogP contribution in [0.2, 0.25) is 0 Å². The van der Waals surface area contributed by atoms with Gasteiger partial charge in [0.25, 0.3) is 0 Å². The summed E-state index contributed by atoms with van der Waals surface area (Å²) in [6.07, 6.45) is 1.14. The Kier molecular flexibility index (Phi) is 5.67. The van der Waals surface area contributed by atoms with E-state index in [2.05, 4.69) is 43.8 Å². The molecule has 4 heteroatoms. The van der Waals surface area contributed by atoms with Crippen molar-refractivity contribution in [2.24, 2.45) is 16.8 Å². The summed E-state index contributed by atoms with van der Waals surface area (Å²) in [7, 11) is 0. The number of hydrogen-bond acceptors (Lipinski definition) is 3. The van der Waals surface area contributed by atoms with E-state index in [9.17, 15) is 0 Å². The minimum Gasteiger partial charge on any atom is -0.409 e. The molecule has 0 spiro atoms. The van der Waals surface area contributed by atoms with Gasteiger partial charge in [0.2, 0.25) is 0 Å². The van der Waals surface area contributed by atoms with E-state index in [0.29, 0.717) is 5.92 Å². The smallest absolute Gasteiger partial charge is 0.172 e. The highest BCUT2D eigenvalue weighted by molar-refractivity contribution is 6.02.